The molecular formula is C25H28N6O2. The molecule has 2 aromatic heterocycles. The van der Waals surface area contributed by atoms with Gasteiger partial charge in [0.05, 0.1) is 11.0 Å². The van der Waals surface area contributed by atoms with E-state index in [1.54, 1.807) is 6.07 Å². The lowest BCUT2D eigenvalue weighted by Gasteiger charge is -2.24. The molecule has 1 unspecified atom stereocenters. The summed E-state index contributed by atoms with van der Waals surface area (Å²) in [6.07, 6.45) is 0.943. The minimum atomic E-state index is -0.218. The first-order valence-electron chi connectivity index (χ1n) is 11.3. The molecule has 1 aliphatic heterocycles. The Hall–Kier alpha value is -3.65. The van der Waals surface area contributed by atoms with Crippen LogP contribution in [0.2, 0.25) is 0 Å². The number of aromatic nitrogens is 3. The SMILES string of the molecule is CC1CNC(=O)c2cc3ccc(C(=O)Nc4nc5ccccc5n4CCCN(C)C)cc3n21. The molecule has 5 rings (SSSR count). The highest BCUT2D eigenvalue weighted by molar-refractivity contribution is 6.07. The van der Waals surface area contributed by atoms with E-state index in [1.165, 1.54) is 0 Å². The van der Waals surface area contributed by atoms with Crippen molar-refractivity contribution in [3.05, 3.63) is 59.8 Å². The molecule has 0 saturated heterocycles. The van der Waals surface area contributed by atoms with Crippen LogP contribution in [-0.4, -0.2) is 58.0 Å². The molecule has 2 amide bonds. The molecule has 2 aromatic carbocycles. The molecule has 0 saturated carbocycles. The number of carbonyl (C=O) groups is 2. The van der Waals surface area contributed by atoms with E-state index in [9.17, 15) is 9.59 Å². The number of benzene rings is 2. The Labute approximate surface area is 192 Å². The third-order valence-electron chi connectivity index (χ3n) is 6.20. The molecule has 170 valence electrons. The Morgan fingerprint density at radius 1 is 1.18 bits per heavy atom. The monoisotopic (exact) mass is 444 g/mol. The molecule has 1 aliphatic rings. The van der Waals surface area contributed by atoms with Crippen LogP contribution in [0.3, 0.4) is 0 Å². The Balaban J connectivity index is 1.47. The van der Waals surface area contributed by atoms with Crippen LogP contribution in [0.4, 0.5) is 5.95 Å². The molecule has 8 nitrogen and oxygen atoms in total. The number of para-hydroxylation sites is 2. The Morgan fingerprint density at radius 3 is 2.82 bits per heavy atom. The molecule has 0 fully saturated rings. The van der Waals surface area contributed by atoms with Gasteiger partial charge in [-0.15, -0.1) is 0 Å². The average Bonchev–Trinajstić information content (AvgIpc) is 3.35. The molecule has 0 bridgehead atoms. The average molecular weight is 445 g/mol. The van der Waals surface area contributed by atoms with Crippen LogP contribution in [0, 0.1) is 0 Å². The minimum Gasteiger partial charge on any atom is -0.349 e. The van der Waals surface area contributed by atoms with Crippen LogP contribution in [0.1, 0.15) is 40.2 Å². The van der Waals surface area contributed by atoms with Crippen LogP contribution in [-0.2, 0) is 6.54 Å². The van der Waals surface area contributed by atoms with Crippen LogP contribution in [0.25, 0.3) is 21.9 Å². The maximum absolute atomic E-state index is 13.2. The number of rotatable bonds is 6. The number of hydrogen-bond donors (Lipinski definition) is 2. The summed E-state index contributed by atoms with van der Waals surface area (Å²) in [7, 11) is 4.10. The molecule has 0 aliphatic carbocycles. The number of carbonyl (C=O) groups excluding carboxylic acids is 2. The molecule has 8 heteroatoms. The van der Waals surface area contributed by atoms with Gasteiger partial charge in [0.1, 0.15) is 5.69 Å². The van der Waals surface area contributed by atoms with Gasteiger partial charge < -0.3 is 19.4 Å². The summed E-state index contributed by atoms with van der Waals surface area (Å²) < 4.78 is 4.09. The fraction of sp³-hybridized carbons (Fsp3) is 0.320. The molecule has 3 heterocycles. The largest absolute Gasteiger partial charge is 0.349 e. The van der Waals surface area contributed by atoms with Gasteiger partial charge in [0.15, 0.2) is 0 Å². The number of imidazole rings is 1. The van der Waals surface area contributed by atoms with Crippen molar-refractivity contribution in [2.75, 3.05) is 32.5 Å². The lowest BCUT2D eigenvalue weighted by Crippen LogP contribution is -2.37. The van der Waals surface area contributed by atoms with E-state index in [4.69, 9.17) is 0 Å². The van der Waals surface area contributed by atoms with Crippen molar-refractivity contribution in [2.24, 2.45) is 0 Å². The Bertz CT molecular complexity index is 1370. The van der Waals surface area contributed by atoms with Crippen molar-refractivity contribution in [1.29, 1.82) is 0 Å². The van der Waals surface area contributed by atoms with E-state index in [0.717, 1.165) is 41.4 Å². The molecule has 33 heavy (non-hydrogen) atoms. The Morgan fingerprint density at radius 2 is 2.00 bits per heavy atom. The maximum Gasteiger partial charge on any atom is 0.268 e. The van der Waals surface area contributed by atoms with Crippen molar-refractivity contribution in [3.63, 3.8) is 0 Å². The zero-order valence-corrected chi connectivity index (χ0v) is 19.1. The molecule has 4 aromatic rings. The Kier molecular flexibility index (Phi) is 5.38. The van der Waals surface area contributed by atoms with Crippen LogP contribution < -0.4 is 10.6 Å². The second-order valence-corrected chi connectivity index (χ2v) is 8.92. The summed E-state index contributed by atoms with van der Waals surface area (Å²) in [6, 6.07) is 15.5. The molecular weight excluding hydrogens is 416 g/mol. The van der Waals surface area contributed by atoms with E-state index in [1.807, 2.05) is 47.0 Å². The number of aryl methyl sites for hydroxylation is 1. The van der Waals surface area contributed by atoms with E-state index in [0.29, 0.717) is 23.8 Å². The zero-order valence-electron chi connectivity index (χ0n) is 19.1. The molecule has 2 N–H and O–H groups in total. The lowest BCUT2D eigenvalue weighted by molar-refractivity contribution is 0.0919. The van der Waals surface area contributed by atoms with Gasteiger partial charge in [-0.2, -0.15) is 0 Å². The number of hydrogen-bond acceptors (Lipinski definition) is 4. The molecule has 0 radical (unpaired) electrons. The van der Waals surface area contributed by atoms with Crippen molar-refractivity contribution in [1.82, 2.24) is 24.3 Å². The van der Waals surface area contributed by atoms with Gasteiger partial charge in [-0.3, -0.25) is 14.9 Å². The third-order valence-corrected chi connectivity index (χ3v) is 6.20. The zero-order chi connectivity index (χ0) is 23.1. The van der Waals surface area contributed by atoms with Gasteiger partial charge in [0.2, 0.25) is 5.95 Å². The van der Waals surface area contributed by atoms with Crippen molar-refractivity contribution < 1.29 is 9.59 Å². The first kappa shape index (κ1) is 21.2. The third kappa shape index (κ3) is 3.87. The van der Waals surface area contributed by atoms with Gasteiger partial charge in [0, 0.05) is 35.6 Å². The van der Waals surface area contributed by atoms with Crippen molar-refractivity contribution in [3.8, 4) is 0 Å². The van der Waals surface area contributed by atoms with Gasteiger partial charge >= 0.3 is 0 Å². The number of nitrogens with one attached hydrogen (secondary N) is 2. The number of fused-ring (bicyclic) bond motifs is 4. The highest BCUT2D eigenvalue weighted by Gasteiger charge is 2.25. The van der Waals surface area contributed by atoms with E-state index in [2.05, 4.69) is 46.1 Å². The fourth-order valence-electron chi connectivity index (χ4n) is 4.55. The van der Waals surface area contributed by atoms with Gasteiger partial charge in [-0.25, -0.2) is 4.98 Å². The van der Waals surface area contributed by atoms with Gasteiger partial charge in [-0.1, -0.05) is 18.2 Å². The van der Waals surface area contributed by atoms with Crippen molar-refractivity contribution >= 4 is 39.7 Å². The summed E-state index contributed by atoms with van der Waals surface area (Å²) in [6.45, 7) is 4.34. The molecule has 1 atom stereocenters. The molecule has 0 spiro atoms. The van der Waals surface area contributed by atoms with Gasteiger partial charge in [0.25, 0.3) is 11.8 Å². The van der Waals surface area contributed by atoms with E-state index in [-0.39, 0.29) is 17.9 Å². The van der Waals surface area contributed by atoms with Crippen molar-refractivity contribution in [2.45, 2.75) is 25.9 Å². The first-order chi connectivity index (χ1) is 15.9. The minimum absolute atomic E-state index is 0.0817. The summed E-state index contributed by atoms with van der Waals surface area (Å²) in [5, 5.41) is 6.88. The normalized spacial score (nSPS) is 15.8. The second-order valence-electron chi connectivity index (χ2n) is 8.92. The standard InChI is InChI=1S/C25H28N6O2/c1-16-15-26-24(33)22-13-17-9-10-18(14-21(17)31(16)22)23(32)28-25-27-19-7-4-5-8-20(19)30(25)12-6-11-29(2)3/h4-5,7-10,13-14,16H,6,11-12,15H2,1-3H3,(H,26,33)(H,27,28,32). The summed E-state index contributed by atoms with van der Waals surface area (Å²) in [5.41, 5.74) is 3.91. The lowest BCUT2D eigenvalue weighted by atomic mass is 10.1. The predicted molar refractivity (Wildman–Crippen MR) is 130 cm³/mol. The fourth-order valence-corrected chi connectivity index (χ4v) is 4.55. The quantitative estimate of drug-likeness (QED) is 0.477. The topological polar surface area (TPSA) is 84.2 Å². The van der Waals surface area contributed by atoms with E-state index >= 15 is 0 Å². The highest BCUT2D eigenvalue weighted by atomic mass is 16.2. The predicted octanol–water partition coefficient (Wildman–Crippen LogP) is 3.50. The number of anilines is 1. The number of nitrogens with zero attached hydrogens (tertiary/aromatic N) is 4. The summed E-state index contributed by atoms with van der Waals surface area (Å²) in [5.74, 6) is 0.247. The van der Waals surface area contributed by atoms with Crippen LogP contribution in [0.15, 0.2) is 48.5 Å². The second kappa shape index (κ2) is 8.37. The maximum atomic E-state index is 13.2. The van der Waals surface area contributed by atoms with E-state index < -0.39 is 0 Å². The van der Waals surface area contributed by atoms with Crippen LogP contribution in [0.5, 0.6) is 0 Å². The number of amides is 2. The smallest absolute Gasteiger partial charge is 0.268 e. The summed E-state index contributed by atoms with van der Waals surface area (Å²) in [4.78, 5) is 32.4. The first-order valence-corrected chi connectivity index (χ1v) is 11.3. The van der Waals surface area contributed by atoms with Gasteiger partial charge in [-0.05, 0) is 64.3 Å². The summed E-state index contributed by atoms with van der Waals surface area (Å²) >= 11 is 0. The van der Waals surface area contributed by atoms with Crippen LogP contribution >= 0.6 is 0 Å². The highest BCUT2D eigenvalue weighted by Crippen LogP contribution is 2.28.